The summed E-state index contributed by atoms with van der Waals surface area (Å²) < 4.78 is 17.9. The lowest BCUT2D eigenvalue weighted by Gasteiger charge is -2.10. The van der Waals surface area contributed by atoms with Gasteiger partial charge < -0.3 is 15.2 Å². The number of aromatic nitrogens is 2. The molecule has 2 rings (SSSR count). The predicted molar refractivity (Wildman–Crippen MR) is 109 cm³/mol. The van der Waals surface area contributed by atoms with Crippen LogP contribution in [0.3, 0.4) is 0 Å². The highest BCUT2D eigenvalue weighted by atomic mass is 127. The van der Waals surface area contributed by atoms with E-state index in [-0.39, 0.29) is 29.8 Å². The summed E-state index contributed by atoms with van der Waals surface area (Å²) in [6.07, 6.45) is 0.964. The number of nitrogens with one attached hydrogen (secondary N) is 2. The van der Waals surface area contributed by atoms with Crippen LogP contribution in [-0.4, -0.2) is 34.9 Å². The summed E-state index contributed by atoms with van der Waals surface area (Å²) in [5, 5.41) is 10.2. The number of halogens is 2. The van der Waals surface area contributed by atoms with E-state index < -0.39 is 0 Å². The second kappa shape index (κ2) is 12.1. The second-order valence-electron chi connectivity index (χ2n) is 5.01. The normalized spacial score (nSPS) is 11.1. The standard InChI is InChI=1S/C16H22FN5OS.HI/c1-3-18-16(20-11-15-21-12(2)22-23-15)19-9-4-10-24-14-7-5-13(17)6-8-14;/h5-8H,3-4,9-11H2,1-2H3,(H2,18,19,20);1H. The van der Waals surface area contributed by atoms with Crippen molar-refractivity contribution in [3.05, 3.63) is 41.8 Å². The van der Waals surface area contributed by atoms with Crippen molar-refractivity contribution < 1.29 is 8.91 Å². The summed E-state index contributed by atoms with van der Waals surface area (Å²) in [6.45, 7) is 5.71. The van der Waals surface area contributed by atoms with Gasteiger partial charge in [0.15, 0.2) is 11.8 Å². The van der Waals surface area contributed by atoms with Gasteiger partial charge >= 0.3 is 0 Å². The molecule has 1 aromatic carbocycles. The van der Waals surface area contributed by atoms with Gasteiger partial charge in [0.2, 0.25) is 5.89 Å². The first kappa shape index (κ1) is 21.7. The van der Waals surface area contributed by atoms with Crippen LogP contribution in [0.5, 0.6) is 0 Å². The number of aryl methyl sites for hydroxylation is 1. The Kier molecular flexibility index (Phi) is 10.5. The molecule has 0 spiro atoms. The van der Waals surface area contributed by atoms with Crippen molar-refractivity contribution in [1.29, 1.82) is 0 Å². The third kappa shape index (κ3) is 8.52. The molecular formula is C16H23FIN5OS. The van der Waals surface area contributed by atoms with Gasteiger partial charge in [-0.3, -0.25) is 0 Å². The maximum absolute atomic E-state index is 12.8. The Morgan fingerprint density at radius 3 is 2.68 bits per heavy atom. The molecule has 0 aliphatic heterocycles. The highest BCUT2D eigenvalue weighted by molar-refractivity contribution is 14.0. The average molecular weight is 479 g/mol. The number of thioether (sulfide) groups is 1. The van der Waals surface area contributed by atoms with Crippen molar-refractivity contribution in [2.75, 3.05) is 18.8 Å². The zero-order valence-electron chi connectivity index (χ0n) is 14.3. The molecule has 0 bridgehead atoms. The van der Waals surface area contributed by atoms with Crippen molar-refractivity contribution in [3.8, 4) is 0 Å². The van der Waals surface area contributed by atoms with Gasteiger partial charge in [0.05, 0.1) is 0 Å². The highest BCUT2D eigenvalue weighted by Gasteiger charge is 2.03. The number of benzene rings is 1. The fourth-order valence-corrected chi connectivity index (χ4v) is 2.75. The van der Waals surface area contributed by atoms with Gasteiger partial charge in [-0.1, -0.05) is 5.16 Å². The second-order valence-corrected chi connectivity index (χ2v) is 6.18. The van der Waals surface area contributed by atoms with E-state index in [9.17, 15) is 4.39 Å². The molecule has 9 heteroatoms. The summed E-state index contributed by atoms with van der Waals surface area (Å²) >= 11 is 1.71. The van der Waals surface area contributed by atoms with Crippen LogP contribution >= 0.6 is 35.7 Å². The molecule has 2 aromatic rings. The molecule has 0 radical (unpaired) electrons. The third-order valence-electron chi connectivity index (χ3n) is 2.98. The van der Waals surface area contributed by atoms with Crippen LogP contribution in [0.2, 0.25) is 0 Å². The highest BCUT2D eigenvalue weighted by Crippen LogP contribution is 2.18. The molecule has 25 heavy (non-hydrogen) atoms. The van der Waals surface area contributed by atoms with Gasteiger partial charge in [0, 0.05) is 18.0 Å². The van der Waals surface area contributed by atoms with Crippen molar-refractivity contribution in [2.24, 2.45) is 4.99 Å². The summed E-state index contributed by atoms with van der Waals surface area (Å²) in [4.78, 5) is 9.61. The van der Waals surface area contributed by atoms with Crippen LogP contribution in [0, 0.1) is 12.7 Å². The van der Waals surface area contributed by atoms with Crippen LogP contribution in [-0.2, 0) is 6.54 Å². The predicted octanol–water partition coefficient (Wildman–Crippen LogP) is 3.37. The van der Waals surface area contributed by atoms with E-state index in [1.165, 1.54) is 12.1 Å². The minimum Gasteiger partial charge on any atom is -0.357 e. The third-order valence-corrected chi connectivity index (χ3v) is 4.08. The minimum atomic E-state index is -0.205. The van der Waals surface area contributed by atoms with E-state index in [0.717, 1.165) is 36.1 Å². The Bertz CT molecular complexity index is 650. The van der Waals surface area contributed by atoms with Crippen molar-refractivity contribution in [2.45, 2.75) is 31.7 Å². The molecule has 1 heterocycles. The fourth-order valence-electron chi connectivity index (χ4n) is 1.89. The van der Waals surface area contributed by atoms with Crippen molar-refractivity contribution in [3.63, 3.8) is 0 Å². The lowest BCUT2D eigenvalue weighted by molar-refractivity contribution is 0.376. The summed E-state index contributed by atoms with van der Waals surface area (Å²) in [5.41, 5.74) is 0. The number of rotatable bonds is 8. The first-order valence-electron chi connectivity index (χ1n) is 7.87. The van der Waals surface area contributed by atoms with Gasteiger partial charge in [0.1, 0.15) is 12.4 Å². The van der Waals surface area contributed by atoms with Gasteiger partial charge in [-0.25, -0.2) is 9.38 Å². The molecule has 0 amide bonds. The molecule has 0 saturated carbocycles. The average Bonchev–Trinajstić information content (AvgIpc) is 2.99. The van der Waals surface area contributed by atoms with E-state index in [1.54, 1.807) is 30.8 Å². The molecule has 0 atom stereocenters. The minimum absolute atomic E-state index is 0. The van der Waals surface area contributed by atoms with E-state index in [0.29, 0.717) is 18.3 Å². The van der Waals surface area contributed by atoms with Gasteiger partial charge in [-0.15, -0.1) is 35.7 Å². The summed E-state index contributed by atoms with van der Waals surface area (Å²) in [7, 11) is 0. The molecule has 138 valence electrons. The first-order chi connectivity index (χ1) is 11.7. The zero-order valence-corrected chi connectivity index (χ0v) is 17.4. The van der Waals surface area contributed by atoms with Crippen LogP contribution in [0.15, 0.2) is 38.7 Å². The number of hydrogen-bond acceptors (Lipinski definition) is 5. The van der Waals surface area contributed by atoms with Crippen molar-refractivity contribution >= 4 is 41.7 Å². The maximum Gasteiger partial charge on any atom is 0.248 e. The van der Waals surface area contributed by atoms with E-state index >= 15 is 0 Å². The van der Waals surface area contributed by atoms with E-state index in [4.69, 9.17) is 4.52 Å². The molecule has 6 nitrogen and oxygen atoms in total. The fraction of sp³-hybridized carbons (Fsp3) is 0.438. The Morgan fingerprint density at radius 2 is 2.04 bits per heavy atom. The summed E-state index contributed by atoms with van der Waals surface area (Å²) in [5.74, 6) is 2.57. The molecule has 0 aliphatic carbocycles. The Morgan fingerprint density at radius 1 is 1.28 bits per heavy atom. The number of nitrogens with zero attached hydrogens (tertiary/aromatic N) is 3. The SMILES string of the molecule is CCNC(=NCc1nc(C)no1)NCCCSc1ccc(F)cc1.I. The monoisotopic (exact) mass is 479 g/mol. The largest absolute Gasteiger partial charge is 0.357 e. The van der Waals surface area contributed by atoms with Crippen molar-refractivity contribution in [1.82, 2.24) is 20.8 Å². The summed E-state index contributed by atoms with van der Waals surface area (Å²) in [6, 6.07) is 6.56. The number of guanidine groups is 1. The first-order valence-corrected chi connectivity index (χ1v) is 8.85. The smallest absolute Gasteiger partial charge is 0.248 e. The molecule has 0 aliphatic rings. The lowest BCUT2D eigenvalue weighted by Crippen LogP contribution is -2.37. The van der Waals surface area contributed by atoms with Crippen LogP contribution in [0.25, 0.3) is 0 Å². The zero-order chi connectivity index (χ0) is 17.2. The van der Waals surface area contributed by atoms with Crippen LogP contribution in [0.1, 0.15) is 25.1 Å². The molecule has 0 fully saturated rings. The van der Waals surface area contributed by atoms with E-state index in [2.05, 4.69) is 25.8 Å². The quantitative estimate of drug-likeness (QED) is 0.199. The molecule has 0 unspecified atom stereocenters. The number of aliphatic imine (C=N–C) groups is 1. The van der Waals surface area contributed by atoms with Gasteiger partial charge in [-0.05, 0) is 50.3 Å². The molecule has 0 saturated heterocycles. The molecule has 1 aromatic heterocycles. The molecule has 2 N–H and O–H groups in total. The topological polar surface area (TPSA) is 75.3 Å². The maximum atomic E-state index is 12.8. The van der Waals surface area contributed by atoms with Gasteiger partial charge in [0.25, 0.3) is 0 Å². The Hall–Kier alpha value is -1.36. The van der Waals surface area contributed by atoms with Crippen LogP contribution < -0.4 is 10.6 Å². The lowest BCUT2D eigenvalue weighted by atomic mass is 10.4. The Labute approximate surface area is 168 Å². The van der Waals surface area contributed by atoms with Crippen LogP contribution in [0.4, 0.5) is 4.39 Å². The number of hydrogen-bond donors (Lipinski definition) is 2. The van der Waals surface area contributed by atoms with E-state index in [1.807, 2.05) is 6.92 Å². The Balaban J connectivity index is 0.00000312. The molecular weight excluding hydrogens is 456 g/mol. The van der Waals surface area contributed by atoms with Gasteiger partial charge in [-0.2, -0.15) is 4.98 Å².